The molecule has 6 rings (SSSR count). The first-order valence-corrected chi connectivity index (χ1v) is 20.2. The van der Waals surface area contributed by atoms with Crippen molar-refractivity contribution in [2.75, 3.05) is 32.8 Å². The molecule has 13 nitrogen and oxygen atoms in total. The highest BCUT2D eigenvalue weighted by atomic mass is 35.5. The zero-order valence-electron chi connectivity index (χ0n) is 33.4. The number of amidine groups is 1. The van der Waals surface area contributed by atoms with Crippen molar-refractivity contribution in [3.63, 3.8) is 0 Å². The number of rotatable bonds is 17. The molecule has 304 valence electrons. The predicted octanol–water partition coefficient (Wildman–Crippen LogP) is 7.90. The number of benzene rings is 3. The maximum Gasteiger partial charge on any atom is 0.217 e. The number of nitrogens with zero attached hydrogens (tertiary/aromatic N) is 5. The van der Waals surface area contributed by atoms with E-state index < -0.39 is 0 Å². The summed E-state index contributed by atoms with van der Waals surface area (Å²) < 4.78 is 19.1. The third-order valence-electron chi connectivity index (χ3n) is 11.0. The van der Waals surface area contributed by atoms with E-state index in [1.807, 2.05) is 30.3 Å². The molecule has 1 unspecified atom stereocenters. The molecule has 14 heteroatoms. The molecule has 4 N–H and O–H groups in total. The second kappa shape index (κ2) is 20.2. The molecule has 0 saturated carbocycles. The van der Waals surface area contributed by atoms with Crippen LogP contribution in [0.25, 0.3) is 11.1 Å². The van der Waals surface area contributed by atoms with Crippen LogP contribution in [-0.4, -0.2) is 71.4 Å². The summed E-state index contributed by atoms with van der Waals surface area (Å²) in [6.45, 7) is 11.0. The van der Waals surface area contributed by atoms with Gasteiger partial charge in [0.25, 0.3) is 0 Å². The third kappa shape index (κ3) is 10.9. The topological polar surface area (TPSA) is 172 Å². The zero-order valence-corrected chi connectivity index (χ0v) is 34.2. The van der Waals surface area contributed by atoms with E-state index in [1.54, 1.807) is 19.2 Å². The van der Waals surface area contributed by atoms with Crippen LogP contribution in [0.4, 0.5) is 0 Å². The van der Waals surface area contributed by atoms with Crippen LogP contribution in [0.1, 0.15) is 72.4 Å². The quantitative estimate of drug-likeness (QED) is 0.0272. The minimum atomic E-state index is -0.212. The van der Waals surface area contributed by atoms with E-state index in [1.165, 1.54) is 6.20 Å². The van der Waals surface area contributed by atoms with Crippen molar-refractivity contribution in [1.29, 1.82) is 16.2 Å². The largest absolute Gasteiger partial charge is 0.493 e. The van der Waals surface area contributed by atoms with Crippen molar-refractivity contribution < 1.29 is 19.0 Å². The van der Waals surface area contributed by atoms with Gasteiger partial charge in [0, 0.05) is 68.7 Å². The van der Waals surface area contributed by atoms with Gasteiger partial charge in [-0.1, -0.05) is 47.2 Å². The summed E-state index contributed by atoms with van der Waals surface area (Å²) in [5.74, 6) is 2.13. The second-order valence-corrected chi connectivity index (χ2v) is 15.4. The van der Waals surface area contributed by atoms with Gasteiger partial charge in [-0.05, 0) is 98.5 Å². The Balaban J connectivity index is 1.13. The fourth-order valence-electron chi connectivity index (χ4n) is 7.84. The lowest BCUT2D eigenvalue weighted by Crippen LogP contribution is -2.44. The number of halogens is 1. The molecule has 0 radical (unpaired) electrons. The number of nitriles is 1. The molecule has 4 aromatic rings. The van der Waals surface area contributed by atoms with Crippen molar-refractivity contribution in [1.82, 2.24) is 25.5 Å². The lowest BCUT2D eigenvalue weighted by atomic mass is 9.93. The summed E-state index contributed by atoms with van der Waals surface area (Å²) in [7, 11) is 0. The van der Waals surface area contributed by atoms with Crippen LogP contribution < -0.4 is 25.0 Å². The third-order valence-corrected chi connectivity index (χ3v) is 11.3. The number of carbonyl (C=O) groups excluding carboxylic acids is 1. The Morgan fingerprint density at radius 2 is 1.71 bits per heavy atom. The molecule has 0 aliphatic carbocycles. The molecule has 2 saturated heterocycles. The number of hydrogen-bond donors (Lipinski definition) is 4. The molecule has 3 heterocycles. The number of hydrogen-bond acceptors (Lipinski definition) is 11. The smallest absolute Gasteiger partial charge is 0.217 e. The molecule has 3 aromatic carbocycles. The Bertz CT molecular complexity index is 2130. The van der Waals surface area contributed by atoms with E-state index in [4.69, 9.17) is 36.8 Å². The van der Waals surface area contributed by atoms with Crippen molar-refractivity contribution in [2.45, 2.75) is 84.7 Å². The highest BCUT2D eigenvalue weighted by Gasteiger charge is 2.29. The molecule has 2 aliphatic heterocycles. The number of amides is 1. The first kappa shape index (κ1) is 42.1. The monoisotopic (exact) mass is 805 g/mol. The molecule has 2 aliphatic rings. The molecule has 0 spiro atoms. The molecule has 1 aromatic heterocycles. The molecular weight excluding hydrogens is 754 g/mol. The van der Waals surface area contributed by atoms with E-state index in [9.17, 15) is 10.1 Å². The Morgan fingerprint density at radius 3 is 2.47 bits per heavy atom. The highest BCUT2D eigenvalue weighted by Crippen LogP contribution is 2.37. The predicted molar refractivity (Wildman–Crippen MR) is 223 cm³/mol. The van der Waals surface area contributed by atoms with Gasteiger partial charge in [0.1, 0.15) is 42.4 Å². The van der Waals surface area contributed by atoms with Crippen LogP contribution in [0.15, 0.2) is 72.2 Å². The van der Waals surface area contributed by atoms with Crippen molar-refractivity contribution in [3.8, 4) is 34.4 Å². The molecule has 1 atom stereocenters. The molecule has 1 amide bonds. The summed E-state index contributed by atoms with van der Waals surface area (Å²) in [6.07, 6.45) is 7.75. The number of carbonyl (C=O) groups is 1. The fraction of sp³-hybridized carbons (Fsp3) is 0.409. The van der Waals surface area contributed by atoms with Crippen molar-refractivity contribution >= 4 is 23.3 Å². The zero-order chi connectivity index (χ0) is 41.0. The first-order valence-electron chi connectivity index (χ1n) is 19.8. The lowest BCUT2D eigenvalue weighted by Gasteiger charge is -2.32. The first-order chi connectivity index (χ1) is 28.1. The van der Waals surface area contributed by atoms with Crippen molar-refractivity contribution in [3.05, 3.63) is 105 Å². The number of aromatic nitrogens is 1. The van der Waals surface area contributed by atoms with Crippen LogP contribution in [0, 0.1) is 36.1 Å². The van der Waals surface area contributed by atoms with Gasteiger partial charge in [-0.3, -0.25) is 20.1 Å². The standard InChI is InChI=1S/C44H52ClN9O4/c1-29-34(8-4-9-37(29)38-10-5-12-41(30(38)2)56-19-7-15-53-17-13-36(14-18-53)50-31(3)55)28-58-43-22-42(57-27-33-20-32(23-46)24-49-25-33)35(21-39(43)45)26-54-16-6-11-40(54)44(47)51-52-48/h4-5,8-10,12,20-22,24-25,36,40H,6-7,11,13-19,26-28H2,1-3H3,(H,50,55)(H3,47,48,51). The Hall–Kier alpha value is -5.55. The average Bonchev–Trinajstić information content (AvgIpc) is 3.69. The molecular formula is C44H52ClN9O4. The lowest BCUT2D eigenvalue weighted by molar-refractivity contribution is -0.119. The minimum absolute atomic E-state index is 0.0439. The van der Waals surface area contributed by atoms with Crippen LogP contribution in [0.2, 0.25) is 5.02 Å². The van der Waals surface area contributed by atoms with Crippen LogP contribution in [0.3, 0.4) is 0 Å². The van der Waals surface area contributed by atoms with Gasteiger partial charge in [-0.25, -0.2) is 5.43 Å². The number of likely N-dealkylation sites (tertiary alicyclic amines) is 2. The molecule has 0 bridgehead atoms. The van der Waals surface area contributed by atoms with Gasteiger partial charge in [0.2, 0.25) is 5.91 Å². The molecule has 58 heavy (non-hydrogen) atoms. The van der Waals surface area contributed by atoms with E-state index in [0.717, 1.165) is 103 Å². The summed E-state index contributed by atoms with van der Waals surface area (Å²) in [5, 5.41) is 24.4. The van der Waals surface area contributed by atoms with Gasteiger partial charge in [0.15, 0.2) is 0 Å². The summed E-state index contributed by atoms with van der Waals surface area (Å²) in [5.41, 5.74) is 17.0. The maximum atomic E-state index is 11.4. The highest BCUT2D eigenvalue weighted by molar-refractivity contribution is 6.32. The van der Waals surface area contributed by atoms with Crippen LogP contribution in [0.5, 0.6) is 17.2 Å². The Kier molecular flexibility index (Phi) is 14.7. The summed E-state index contributed by atoms with van der Waals surface area (Å²) >= 11 is 6.91. The summed E-state index contributed by atoms with van der Waals surface area (Å²) in [4.78, 5) is 20.2. The van der Waals surface area contributed by atoms with E-state index in [0.29, 0.717) is 35.2 Å². The van der Waals surface area contributed by atoms with Gasteiger partial charge < -0.3 is 24.4 Å². The van der Waals surface area contributed by atoms with Gasteiger partial charge >= 0.3 is 0 Å². The van der Waals surface area contributed by atoms with Crippen LogP contribution >= 0.6 is 11.6 Å². The van der Waals surface area contributed by atoms with Gasteiger partial charge in [-0.15, -0.1) is 0 Å². The van der Waals surface area contributed by atoms with Crippen molar-refractivity contribution in [2.24, 2.45) is 5.22 Å². The van der Waals surface area contributed by atoms with E-state index in [-0.39, 0.29) is 37.0 Å². The SMILES string of the molecule is CC(=O)NC1CCN(CCCOc2cccc(-c3cccc(COc4cc(OCc5cncc(C#N)c5)c(CN5CCCC5C(=N)NN=N)cc4Cl)c3C)c2C)CC1. The second-order valence-electron chi connectivity index (χ2n) is 15.0. The number of ether oxygens (including phenoxy) is 3. The Labute approximate surface area is 345 Å². The van der Waals surface area contributed by atoms with E-state index in [2.05, 4.69) is 68.9 Å². The average molecular weight is 806 g/mol. The number of piperidine rings is 1. The van der Waals surface area contributed by atoms with E-state index >= 15 is 0 Å². The van der Waals surface area contributed by atoms with Gasteiger partial charge in [0.05, 0.1) is 23.2 Å². The minimum Gasteiger partial charge on any atom is -0.493 e. The van der Waals surface area contributed by atoms with Crippen LogP contribution in [-0.2, 0) is 24.6 Å². The number of nitrogens with one attached hydrogen (secondary N) is 4. The maximum absolute atomic E-state index is 11.4. The normalized spacial score (nSPS) is 16.0. The Morgan fingerprint density at radius 1 is 0.948 bits per heavy atom. The molecule has 2 fully saturated rings. The number of pyridine rings is 1. The fourth-order valence-corrected chi connectivity index (χ4v) is 8.08. The summed E-state index contributed by atoms with van der Waals surface area (Å²) in [6, 6.07) is 20.0. The van der Waals surface area contributed by atoms with Gasteiger partial charge in [-0.2, -0.15) is 10.8 Å².